The zero-order valence-corrected chi connectivity index (χ0v) is 8.83. The Morgan fingerprint density at radius 3 is 2.43 bits per heavy atom. The molecular weight excluding hydrogens is 178 g/mol. The molecule has 1 heterocycles. The van der Waals surface area contributed by atoms with Gasteiger partial charge >= 0.3 is 5.97 Å². The third kappa shape index (κ3) is 1.44. The number of carboxylic acids is 1. The summed E-state index contributed by atoms with van der Waals surface area (Å²) in [5, 5.41) is 9.17. The summed E-state index contributed by atoms with van der Waals surface area (Å²) in [5.41, 5.74) is -0.461. The van der Waals surface area contributed by atoms with Crippen molar-refractivity contribution >= 4 is 5.97 Å². The van der Waals surface area contributed by atoms with Crippen LogP contribution in [0.15, 0.2) is 0 Å². The van der Waals surface area contributed by atoms with Gasteiger partial charge in [0.25, 0.3) is 0 Å². The van der Waals surface area contributed by atoms with Crippen LogP contribution < -0.4 is 0 Å². The van der Waals surface area contributed by atoms with Gasteiger partial charge in [-0.2, -0.15) is 0 Å². The first kappa shape index (κ1) is 9.97. The van der Waals surface area contributed by atoms with E-state index in [1.165, 1.54) is 19.3 Å². The Balaban J connectivity index is 2.00. The Hall–Kier alpha value is -0.570. The van der Waals surface area contributed by atoms with E-state index >= 15 is 0 Å². The van der Waals surface area contributed by atoms with Crippen molar-refractivity contribution in [1.82, 2.24) is 4.90 Å². The van der Waals surface area contributed by atoms with Gasteiger partial charge in [-0.25, -0.2) is 0 Å². The molecule has 0 bridgehead atoms. The van der Waals surface area contributed by atoms with Crippen LogP contribution in [0.2, 0.25) is 0 Å². The molecule has 1 N–H and O–H groups in total. The molecule has 0 aromatic heterocycles. The molecule has 1 saturated carbocycles. The quantitative estimate of drug-likeness (QED) is 0.733. The summed E-state index contributed by atoms with van der Waals surface area (Å²) < 4.78 is 0. The van der Waals surface area contributed by atoms with E-state index < -0.39 is 11.4 Å². The molecule has 1 saturated heterocycles. The molecule has 0 radical (unpaired) electrons. The Morgan fingerprint density at radius 1 is 1.36 bits per heavy atom. The van der Waals surface area contributed by atoms with E-state index in [0.717, 1.165) is 25.9 Å². The van der Waals surface area contributed by atoms with Gasteiger partial charge in [0.1, 0.15) is 0 Å². The molecule has 80 valence electrons. The Bertz CT molecular complexity index is 235. The predicted octanol–water partition coefficient (Wildman–Crippen LogP) is 1.73. The van der Waals surface area contributed by atoms with Crippen molar-refractivity contribution in [3.05, 3.63) is 0 Å². The summed E-state index contributed by atoms with van der Waals surface area (Å²) in [4.78, 5) is 13.5. The molecule has 2 atom stereocenters. The van der Waals surface area contributed by atoms with Crippen LogP contribution in [-0.4, -0.2) is 35.1 Å². The van der Waals surface area contributed by atoms with E-state index in [0.29, 0.717) is 6.04 Å². The highest BCUT2D eigenvalue weighted by atomic mass is 16.4. The zero-order chi connectivity index (χ0) is 10.2. The lowest BCUT2D eigenvalue weighted by Gasteiger charge is -2.50. The minimum atomic E-state index is -0.612. The standard InChI is InChI=1S/C11H19NO2/c1-11(10(13)14)6-5-9(11)12-7-3-2-4-8-12/h9H,2-8H2,1H3,(H,13,14). The van der Waals surface area contributed by atoms with Crippen LogP contribution in [0.3, 0.4) is 0 Å². The number of hydrogen-bond donors (Lipinski definition) is 1. The molecule has 3 nitrogen and oxygen atoms in total. The fourth-order valence-electron chi connectivity index (χ4n) is 2.77. The van der Waals surface area contributed by atoms with Crippen LogP contribution in [0.25, 0.3) is 0 Å². The van der Waals surface area contributed by atoms with E-state index in [1.807, 2.05) is 6.92 Å². The first-order valence-electron chi connectivity index (χ1n) is 5.62. The lowest BCUT2D eigenvalue weighted by molar-refractivity contribution is -0.161. The molecule has 3 heteroatoms. The maximum Gasteiger partial charge on any atom is 0.310 e. The number of aliphatic carboxylic acids is 1. The lowest BCUT2D eigenvalue weighted by atomic mass is 9.65. The van der Waals surface area contributed by atoms with Gasteiger partial charge in [0.15, 0.2) is 0 Å². The molecule has 0 aromatic carbocycles. The van der Waals surface area contributed by atoms with Crippen molar-refractivity contribution in [3.8, 4) is 0 Å². The second-order valence-corrected chi connectivity index (χ2v) is 4.87. The highest BCUT2D eigenvalue weighted by Gasteiger charge is 2.51. The van der Waals surface area contributed by atoms with E-state index in [9.17, 15) is 4.79 Å². The Labute approximate surface area is 85.1 Å². The fourth-order valence-corrected chi connectivity index (χ4v) is 2.77. The summed E-state index contributed by atoms with van der Waals surface area (Å²) in [6.45, 7) is 4.11. The van der Waals surface area contributed by atoms with Crippen molar-refractivity contribution in [2.75, 3.05) is 13.1 Å². The maximum atomic E-state index is 11.1. The maximum absolute atomic E-state index is 11.1. The molecule has 1 aliphatic carbocycles. The molecule has 2 unspecified atom stereocenters. The van der Waals surface area contributed by atoms with Gasteiger partial charge in [-0.3, -0.25) is 9.69 Å². The predicted molar refractivity (Wildman–Crippen MR) is 54.2 cm³/mol. The van der Waals surface area contributed by atoms with Gasteiger partial charge in [0.05, 0.1) is 5.41 Å². The molecule has 2 fully saturated rings. The highest BCUT2D eigenvalue weighted by molar-refractivity contribution is 5.76. The fraction of sp³-hybridized carbons (Fsp3) is 0.909. The topological polar surface area (TPSA) is 40.5 Å². The molecule has 2 rings (SSSR count). The summed E-state index contributed by atoms with van der Waals surface area (Å²) in [6.07, 6.45) is 5.72. The molecule has 14 heavy (non-hydrogen) atoms. The first-order chi connectivity index (χ1) is 6.64. The van der Waals surface area contributed by atoms with Crippen molar-refractivity contribution in [1.29, 1.82) is 0 Å². The number of likely N-dealkylation sites (tertiary alicyclic amines) is 1. The average Bonchev–Trinajstić information content (AvgIpc) is 2.16. The van der Waals surface area contributed by atoms with Gasteiger partial charge in [0.2, 0.25) is 0 Å². The lowest BCUT2D eigenvalue weighted by Crippen LogP contribution is -2.58. The van der Waals surface area contributed by atoms with E-state index in [1.54, 1.807) is 0 Å². The van der Waals surface area contributed by atoms with Gasteiger partial charge < -0.3 is 5.11 Å². The van der Waals surface area contributed by atoms with Crippen LogP contribution in [0.5, 0.6) is 0 Å². The largest absolute Gasteiger partial charge is 0.481 e. The number of hydrogen-bond acceptors (Lipinski definition) is 2. The van der Waals surface area contributed by atoms with E-state index in [-0.39, 0.29) is 0 Å². The number of rotatable bonds is 2. The van der Waals surface area contributed by atoms with Crippen molar-refractivity contribution in [3.63, 3.8) is 0 Å². The number of nitrogens with zero attached hydrogens (tertiary/aromatic N) is 1. The van der Waals surface area contributed by atoms with Crippen LogP contribution in [0.1, 0.15) is 39.0 Å². The van der Waals surface area contributed by atoms with Crippen molar-refractivity contribution in [2.24, 2.45) is 5.41 Å². The minimum Gasteiger partial charge on any atom is -0.481 e. The normalized spacial score (nSPS) is 39.1. The summed E-state index contributed by atoms with van der Waals surface area (Å²) in [5.74, 6) is -0.612. The van der Waals surface area contributed by atoms with Crippen LogP contribution >= 0.6 is 0 Å². The van der Waals surface area contributed by atoms with Crippen LogP contribution in [0.4, 0.5) is 0 Å². The molecule has 1 aliphatic heterocycles. The number of carbonyl (C=O) groups is 1. The van der Waals surface area contributed by atoms with Crippen molar-refractivity contribution in [2.45, 2.75) is 45.1 Å². The Morgan fingerprint density at radius 2 is 2.00 bits per heavy atom. The van der Waals surface area contributed by atoms with Gasteiger partial charge in [-0.05, 0) is 45.7 Å². The van der Waals surface area contributed by atoms with Crippen LogP contribution in [-0.2, 0) is 4.79 Å². The van der Waals surface area contributed by atoms with Gasteiger partial charge in [-0.15, -0.1) is 0 Å². The van der Waals surface area contributed by atoms with Gasteiger partial charge in [0, 0.05) is 6.04 Å². The second kappa shape index (κ2) is 3.54. The molecule has 0 amide bonds. The minimum absolute atomic E-state index is 0.306. The average molecular weight is 197 g/mol. The number of piperidine rings is 1. The van der Waals surface area contributed by atoms with E-state index in [4.69, 9.17) is 5.11 Å². The summed E-state index contributed by atoms with van der Waals surface area (Å²) >= 11 is 0. The molecule has 0 aromatic rings. The van der Waals surface area contributed by atoms with Gasteiger partial charge in [-0.1, -0.05) is 6.42 Å². The Kier molecular flexibility index (Phi) is 2.52. The smallest absolute Gasteiger partial charge is 0.310 e. The van der Waals surface area contributed by atoms with Crippen LogP contribution in [0, 0.1) is 5.41 Å². The zero-order valence-electron chi connectivity index (χ0n) is 8.83. The monoisotopic (exact) mass is 197 g/mol. The summed E-state index contributed by atoms with van der Waals surface area (Å²) in [6, 6.07) is 0.306. The van der Waals surface area contributed by atoms with Crippen molar-refractivity contribution < 1.29 is 9.90 Å². The molecule has 2 aliphatic rings. The van der Waals surface area contributed by atoms with E-state index in [2.05, 4.69) is 4.90 Å². The number of carboxylic acid groups (broad SMARTS) is 1. The third-order valence-electron chi connectivity index (χ3n) is 3.99. The summed E-state index contributed by atoms with van der Waals surface area (Å²) in [7, 11) is 0. The third-order valence-corrected chi connectivity index (χ3v) is 3.99. The molecular formula is C11H19NO2. The first-order valence-corrected chi connectivity index (χ1v) is 5.62. The second-order valence-electron chi connectivity index (χ2n) is 4.87. The highest BCUT2D eigenvalue weighted by Crippen LogP contribution is 2.44. The SMILES string of the molecule is CC1(C(=O)O)CCC1N1CCCCC1. The molecule has 0 spiro atoms.